The van der Waals surface area contributed by atoms with Gasteiger partial charge in [-0.1, -0.05) is 43.3 Å². The molecule has 4 rings (SSSR count). The number of hydrogen-bond donors (Lipinski definition) is 1. The van der Waals surface area contributed by atoms with Crippen molar-refractivity contribution in [2.24, 2.45) is 0 Å². The Morgan fingerprint density at radius 3 is 2.38 bits per heavy atom. The maximum atomic E-state index is 11.8. The summed E-state index contributed by atoms with van der Waals surface area (Å²) in [5, 5.41) is 10.4. The van der Waals surface area contributed by atoms with E-state index in [-0.39, 0.29) is 5.56 Å². The van der Waals surface area contributed by atoms with Crippen LogP contribution in [0.1, 0.15) is 28.4 Å². The van der Waals surface area contributed by atoms with Gasteiger partial charge in [-0.15, -0.1) is 0 Å². The number of carboxylic acids is 1. The van der Waals surface area contributed by atoms with Crippen LogP contribution in [0.3, 0.4) is 0 Å². The molecular weight excluding hydrogens is 362 g/mol. The molecule has 3 aromatic carbocycles. The van der Waals surface area contributed by atoms with Crippen molar-refractivity contribution in [3.63, 3.8) is 0 Å². The van der Waals surface area contributed by atoms with E-state index < -0.39 is 5.97 Å². The van der Waals surface area contributed by atoms with Gasteiger partial charge in [0.1, 0.15) is 12.4 Å². The molecule has 0 radical (unpaired) electrons. The first-order valence-corrected chi connectivity index (χ1v) is 9.58. The van der Waals surface area contributed by atoms with Crippen LogP contribution in [0, 0.1) is 0 Å². The highest BCUT2D eigenvalue weighted by molar-refractivity contribution is 6.04. The average Bonchev–Trinajstić information content (AvgIpc) is 2.77. The Kier molecular flexibility index (Phi) is 5.25. The summed E-state index contributed by atoms with van der Waals surface area (Å²) in [4.78, 5) is 16.5. The number of nitrogens with zero attached hydrogens (tertiary/aromatic N) is 1. The van der Waals surface area contributed by atoms with Crippen molar-refractivity contribution in [2.45, 2.75) is 20.0 Å². The number of fused-ring (bicyclic) bond motifs is 1. The minimum atomic E-state index is -0.949. The molecule has 0 unspecified atom stereocenters. The maximum absolute atomic E-state index is 11.8. The molecule has 0 aliphatic rings. The molecule has 4 aromatic rings. The first kappa shape index (κ1) is 18.7. The number of carbonyl (C=O) groups is 1. The van der Waals surface area contributed by atoms with Crippen molar-refractivity contribution >= 4 is 16.9 Å². The number of hydrogen-bond acceptors (Lipinski definition) is 3. The minimum absolute atomic E-state index is 0.268. The second-order valence-corrected chi connectivity index (χ2v) is 6.86. The molecule has 0 bridgehead atoms. The second kappa shape index (κ2) is 8.15. The first-order chi connectivity index (χ1) is 14.1. The lowest BCUT2D eigenvalue weighted by Gasteiger charge is -2.10. The van der Waals surface area contributed by atoms with Crippen LogP contribution < -0.4 is 4.74 Å². The van der Waals surface area contributed by atoms with Gasteiger partial charge in [-0.05, 0) is 60.0 Å². The number of aromatic nitrogens is 1. The van der Waals surface area contributed by atoms with E-state index in [1.165, 1.54) is 0 Å². The number of rotatable bonds is 6. The molecule has 0 saturated carbocycles. The van der Waals surface area contributed by atoms with Gasteiger partial charge >= 0.3 is 5.97 Å². The van der Waals surface area contributed by atoms with Crippen LogP contribution in [0.25, 0.3) is 22.2 Å². The average molecular weight is 383 g/mol. The van der Waals surface area contributed by atoms with Gasteiger partial charge in [0.25, 0.3) is 0 Å². The van der Waals surface area contributed by atoms with E-state index in [9.17, 15) is 9.90 Å². The van der Waals surface area contributed by atoms with Crippen molar-refractivity contribution in [2.75, 3.05) is 0 Å². The number of aromatic carboxylic acids is 1. The van der Waals surface area contributed by atoms with Gasteiger partial charge in [-0.25, -0.2) is 9.78 Å². The molecule has 144 valence electrons. The predicted octanol–water partition coefficient (Wildman–Crippen LogP) is 5.74. The Bertz CT molecular complexity index is 1150. The van der Waals surface area contributed by atoms with Crippen LogP contribution in [-0.2, 0) is 13.0 Å². The molecule has 1 N–H and O–H groups in total. The standard InChI is InChI=1S/C25H21NO3/c1-2-17-8-13-23-21(14-17)22(25(27)28)15-24(26-23)19-9-11-20(12-10-19)29-16-18-6-4-3-5-7-18/h3-15H,2,16H2,1H3,(H,27,28). The number of benzene rings is 3. The van der Waals surface area contributed by atoms with Crippen LogP contribution in [0.5, 0.6) is 5.75 Å². The quantitative estimate of drug-likeness (QED) is 0.461. The number of pyridine rings is 1. The van der Waals surface area contributed by atoms with E-state index in [1.54, 1.807) is 6.07 Å². The van der Waals surface area contributed by atoms with Crippen LogP contribution in [0.2, 0.25) is 0 Å². The maximum Gasteiger partial charge on any atom is 0.336 e. The van der Waals surface area contributed by atoms with Gasteiger partial charge in [-0.3, -0.25) is 0 Å². The lowest BCUT2D eigenvalue weighted by Crippen LogP contribution is -2.01. The van der Waals surface area contributed by atoms with Gasteiger partial charge in [0.15, 0.2) is 0 Å². The second-order valence-electron chi connectivity index (χ2n) is 6.86. The normalized spacial score (nSPS) is 10.8. The van der Waals surface area contributed by atoms with Crippen LogP contribution >= 0.6 is 0 Å². The highest BCUT2D eigenvalue weighted by atomic mass is 16.5. The third-order valence-corrected chi connectivity index (χ3v) is 4.91. The fourth-order valence-electron chi connectivity index (χ4n) is 3.28. The topological polar surface area (TPSA) is 59.4 Å². The highest BCUT2D eigenvalue weighted by Crippen LogP contribution is 2.27. The summed E-state index contributed by atoms with van der Waals surface area (Å²) in [7, 11) is 0. The van der Waals surface area contributed by atoms with Crippen molar-refractivity contribution in [3.8, 4) is 17.0 Å². The van der Waals surface area contributed by atoms with E-state index >= 15 is 0 Å². The van der Waals surface area contributed by atoms with E-state index in [2.05, 4.69) is 4.98 Å². The Morgan fingerprint density at radius 2 is 1.69 bits per heavy atom. The van der Waals surface area contributed by atoms with E-state index in [0.717, 1.165) is 28.9 Å². The van der Waals surface area contributed by atoms with Gasteiger partial charge < -0.3 is 9.84 Å². The van der Waals surface area contributed by atoms with Gasteiger partial charge in [0, 0.05) is 10.9 Å². The first-order valence-electron chi connectivity index (χ1n) is 9.58. The number of ether oxygens (including phenoxy) is 1. The largest absolute Gasteiger partial charge is 0.489 e. The molecule has 0 aliphatic carbocycles. The van der Waals surface area contributed by atoms with Crippen LogP contribution in [0.4, 0.5) is 0 Å². The Morgan fingerprint density at radius 1 is 0.931 bits per heavy atom. The van der Waals surface area contributed by atoms with Crippen LogP contribution in [0.15, 0.2) is 78.9 Å². The van der Waals surface area contributed by atoms with Gasteiger partial charge in [0.05, 0.1) is 16.8 Å². The fourth-order valence-corrected chi connectivity index (χ4v) is 3.28. The SMILES string of the molecule is CCc1ccc2nc(-c3ccc(OCc4ccccc4)cc3)cc(C(=O)O)c2c1. The third kappa shape index (κ3) is 4.11. The molecule has 4 heteroatoms. The zero-order chi connectivity index (χ0) is 20.2. The summed E-state index contributed by atoms with van der Waals surface area (Å²) in [5.41, 5.74) is 4.63. The molecule has 29 heavy (non-hydrogen) atoms. The third-order valence-electron chi connectivity index (χ3n) is 4.91. The Labute approximate surface area is 169 Å². The van der Waals surface area contributed by atoms with Gasteiger partial charge in [0.2, 0.25) is 0 Å². The summed E-state index contributed by atoms with van der Waals surface area (Å²) in [6.07, 6.45) is 0.848. The minimum Gasteiger partial charge on any atom is -0.489 e. The summed E-state index contributed by atoms with van der Waals surface area (Å²) in [5.74, 6) is -0.195. The smallest absolute Gasteiger partial charge is 0.336 e. The zero-order valence-corrected chi connectivity index (χ0v) is 16.1. The molecule has 1 aromatic heterocycles. The van der Waals surface area contributed by atoms with Crippen molar-refractivity contribution in [1.29, 1.82) is 0 Å². The summed E-state index contributed by atoms with van der Waals surface area (Å²) in [6, 6.07) is 25.0. The monoisotopic (exact) mass is 383 g/mol. The molecule has 4 nitrogen and oxygen atoms in total. The summed E-state index contributed by atoms with van der Waals surface area (Å²) < 4.78 is 5.83. The predicted molar refractivity (Wildman–Crippen MR) is 114 cm³/mol. The summed E-state index contributed by atoms with van der Waals surface area (Å²) >= 11 is 0. The van der Waals surface area contributed by atoms with Crippen molar-refractivity contribution in [3.05, 3.63) is 95.6 Å². The van der Waals surface area contributed by atoms with E-state index in [1.807, 2.05) is 79.7 Å². The highest BCUT2D eigenvalue weighted by Gasteiger charge is 2.13. The molecule has 0 saturated heterocycles. The lowest BCUT2D eigenvalue weighted by molar-refractivity contribution is 0.0699. The van der Waals surface area contributed by atoms with E-state index in [4.69, 9.17) is 4.74 Å². The van der Waals surface area contributed by atoms with Gasteiger partial charge in [-0.2, -0.15) is 0 Å². The molecule has 0 amide bonds. The van der Waals surface area contributed by atoms with Crippen molar-refractivity contribution in [1.82, 2.24) is 4.98 Å². The zero-order valence-electron chi connectivity index (χ0n) is 16.1. The number of aryl methyl sites for hydroxylation is 1. The number of carboxylic acid groups (broad SMARTS) is 1. The van der Waals surface area contributed by atoms with Crippen LogP contribution in [-0.4, -0.2) is 16.1 Å². The molecule has 0 aliphatic heterocycles. The molecular formula is C25H21NO3. The molecule has 0 fully saturated rings. The Hall–Kier alpha value is -3.66. The fraction of sp³-hybridized carbons (Fsp3) is 0.120. The lowest BCUT2D eigenvalue weighted by atomic mass is 10.0. The summed E-state index contributed by atoms with van der Waals surface area (Å²) in [6.45, 7) is 2.54. The Balaban J connectivity index is 1.63. The molecule has 0 spiro atoms. The van der Waals surface area contributed by atoms with Crippen molar-refractivity contribution < 1.29 is 14.6 Å². The molecule has 1 heterocycles. The van der Waals surface area contributed by atoms with E-state index in [0.29, 0.717) is 23.2 Å². The molecule has 0 atom stereocenters.